The minimum absolute atomic E-state index is 0.253. The fraction of sp³-hybridized carbons (Fsp3) is 0.412. The summed E-state index contributed by atoms with van der Waals surface area (Å²) in [4.78, 5) is 16.4. The van der Waals surface area contributed by atoms with Crippen molar-refractivity contribution in [1.29, 1.82) is 0 Å². The quantitative estimate of drug-likeness (QED) is 0.750. The Labute approximate surface area is 139 Å². The molecule has 3 atom stereocenters. The molecule has 0 amide bonds. The Morgan fingerprint density at radius 1 is 1.38 bits per heavy atom. The summed E-state index contributed by atoms with van der Waals surface area (Å²) in [6, 6.07) is 9.84. The lowest BCUT2D eigenvalue weighted by Gasteiger charge is -2.16. The third-order valence-electron chi connectivity index (χ3n) is 4.13. The number of nitrogens with one attached hydrogen (secondary N) is 1. The Morgan fingerprint density at radius 3 is 2.79 bits per heavy atom. The molecular formula is C17H21N3O4. The van der Waals surface area contributed by atoms with Crippen LogP contribution in [0.25, 0.3) is 0 Å². The van der Waals surface area contributed by atoms with Crippen molar-refractivity contribution < 1.29 is 14.9 Å². The monoisotopic (exact) mass is 331 g/mol. The summed E-state index contributed by atoms with van der Waals surface area (Å²) in [6.07, 6.45) is -0.150. The highest BCUT2D eigenvalue weighted by Gasteiger charge is 2.35. The average Bonchev–Trinajstić information content (AvgIpc) is 2.97. The van der Waals surface area contributed by atoms with Gasteiger partial charge < -0.3 is 20.3 Å². The molecule has 24 heavy (non-hydrogen) atoms. The Hall–Kier alpha value is -2.22. The van der Waals surface area contributed by atoms with Crippen molar-refractivity contribution in [3.63, 3.8) is 0 Å². The molecule has 2 heterocycles. The molecule has 0 aliphatic carbocycles. The van der Waals surface area contributed by atoms with Crippen molar-refractivity contribution in [3.05, 3.63) is 58.1 Å². The Balaban J connectivity index is 1.75. The minimum atomic E-state index is -0.789. The number of aliphatic hydroxyl groups excluding tert-OH is 2. The summed E-state index contributed by atoms with van der Waals surface area (Å²) in [5, 5.41) is 22.1. The van der Waals surface area contributed by atoms with Crippen LogP contribution in [0.2, 0.25) is 0 Å². The van der Waals surface area contributed by atoms with Gasteiger partial charge in [0.25, 0.3) is 0 Å². The van der Waals surface area contributed by atoms with Gasteiger partial charge in [0.15, 0.2) is 0 Å². The van der Waals surface area contributed by atoms with Gasteiger partial charge in [0.2, 0.25) is 0 Å². The lowest BCUT2D eigenvalue weighted by molar-refractivity contribution is -0.0459. The molecule has 7 heteroatoms. The number of anilines is 1. The molecule has 0 saturated carbocycles. The van der Waals surface area contributed by atoms with E-state index in [1.165, 1.54) is 4.57 Å². The molecule has 0 unspecified atom stereocenters. The van der Waals surface area contributed by atoms with Crippen LogP contribution < -0.4 is 11.0 Å². The normalized spacial score (nSPS) is 23.4. The van der Waals surface area contributed by atoms with E-state index < -0.39 is 24.1 Å². The van der Waals surface area contributed by atoms with E-state index in [-0.39, 0.29) is 13.0 Å². The van der Waals surface area contributed by atoms with Crippen molar-refractivity contribution >= 4 is 5.82 Å². The molecular weight excluding hydrogens is 310 g/mol. The van der Waals surface area contributed by atoms with Gasteiger partial charge in [-0.15, -0.1) is 0 Å². The summed E-state index contributed by atoms with van der Waals surface area (Å²) < 4.78 is 6.88. The summed E-state index contributed by atoms with van der Waals surface area (Å²) in [7, 11) is 0. The topological polar surface area (TPSA) is 96.6 Å². The highest BCUT2D eigenvalue weighted by molar-refractivity contribution is 5.42. The molecule has 7 nitrogen and oxygen atoms in total. The Bertz CT molecular complexity index is 747. The van der Waals surface area contributed by atoms with E-state index in [1.807, 2.05) is 37.3 Å². The van der Waals surface area contributed by atoms with Crippen molar-refractivity contribution in [2.24, 2.45) is 0 Å². The van der Waals surface area contributed by atoms with Crippen LogP contribution in [0.3, 0.4) is 0 Å². The summed E-state index contributed by atoms with van der Waals surface area (Å²) in [6.45, 7) is 2.14. The first-order valence-corrected chi connectivity index (χ1v) is 7.90. The highest BCUT2D eigenvalue weighted by Crippen LogP contribution is 2.27. The molecule has 1 fully saturated rings. The third-order valence-corrected chi connectivity index (χ3v) is 4.13. The maximum Gasteiger partial charge on any atom is 0.351 e. The van der Waals surface area contributed by atoms with E-state index in [9.17, 15) is 9.90 Å². The first-order valence-electron chi connectivity index (χ1n) is 7.90. The molecule has 1 aliphatic rings. The fourth-order valence-corrected chi connectivity index (χ4v) is 2.78. The van der Waals surface area contributed by atoms with Gasteiger partial charge in [0, 0.05) is 24.7 Å². The second kappa shape index (κ2) is 7.12. The van der Waals surface area contributed by atoms with Crippen molar-refractivity contribution in [3.8, 4) is 0 Å². The van der Waals surface area contributed by atoms with Gasteiger partial charge in [0.1, 0.15) is 18.1 Å². The Morgan fingerprint density at radius 2 is 2.12 bits per heavy atom. The largest absolute Gasteiger partial charge is 0.394 e. The predicted molar refractivity (Wildman–Crippen MR) is 88.6 cm³/mol. The van der Waals surface area contributed by atoms with Crippen molar-refractivity contribution in [2.45, 2.75) is 38.3 Å². The number of nitrogens with zero attached hydrogens (tertiary/aromatic N) is 2. The molecule has 0 radical (unpaired) electrons. The SMILES string of the molecule is Cc1cn([C@H]2C[C@H](O)[C@@H](CO)O2)c(=O)nc1NCc1ccccc1. The average molecular weight is 331 g/mol. The smallest absolute Gasteiger partial charge is 0.351 e. The lowest BCUT2D eigenvalue weighted by atomic mass is 10.2. The van der Waals surface area contributed by atoms with Crippen LogP contribution >= 0.6 is 0 Å². The fourth-order valence-electron chi connectivity index (χ4n) is 2.78. The van der Waals surface area contributed by atoms with Crippen LogP contribution in [-0.4, -0.2) is 38.6 Å². The number of aryl methyl sites for hydroxylation is 1. The molecule has 0 spiro atoms. The molecule has 2 aromatic rings. The summed E-state index contributed by atoms with van der Waals surface area (Å²) in [5.41, 5.74) is 1.44. The van der Waals surface area contributed by atoms with Gasteiger partial charge in [-0.1, -0.05) is 30.3 Å². The Kier molecular flexibility index (Phi) is 4.94. The van der Waals surface area contributed by atoms with Gasteiger partial charge >= 0.3 is 5.69 Å². The summed E-state index contributed by atoms with van der Waals surface area (Å²) in [5.74, 6) is 0.525. The zero-order valence-corrected chi connectivity index (χ0v) is 13.4. The van der Waals surface area contributed by atoms with Crippen LogP contribution in [-0.2, 0) is 11.3 Å². The second-order valence-corrected chi connectivity index (χ2v) is 5.92. The van der Waals surface area contributed by atoms with Crippen molar-refractivity contribution in [2.75, 3.05) is 11.9 Å². The minimum Gasteiger partial charge on any atom is -0.394 e. The molecule has 3 N–H and O–H groups in total. The standard InChI is InChI=1S/C17H21N3O4/c1-11-9-20(15-7-13(22)14(10-21)24-15)17(23)19-16(11)18-8-12-5-3-2-4-6-12/h2-6,9,13-15,21-22H,7-8,10H2,1H3,(H,18,19,23)/t13-,14+,15+/m0/s1. The number of rotatable bonds is 5. The van der Waals surface area contributed by atoms with Crippen LogP contribution in [0.5, 0.6) is 0 Å². The van der Waals surface area contributed by atoms with Crippen LogP contribution in [0.4, 0.5) is 5.82 Å². The number of hydrogen-bond acceptors (Lipinski definition) is 6. The zero-order chi connectivity index (χ0) is 17.1. The molecule has 1 saturated heterocycles. The van der Waals surface area contributed by atoms with Crippen molar-refractivity contribution in [1.82, 2.24) is 9.55 Å². The first-order chi connectivity index (χ1) is 11.6. The predicted octanol–water partition coefficient (Wildman–Crippen LogP) is 0.805. The molecule has 1 aromatic heterocycles. The van der Waals surface area contributed by atoms with E-state index in [1.54, 1.807) is 6.20 Å². The van der Waals surface area contributed by atoms with E-state index in [2.05, 4.69) is 10.3 Å². The van der Waals surface area contributed by atoms with Gasteiger partial charge in [-0.3, -0.25) is 4.57 Å². The van der Waals surface area contributed by atoms with Gasteiger partial charge in [0.05, 0.1) is 12.7 Å². The molecule has 3 rings (SSSR count). The number of aromatic nitrogens is 2. The molecule has 1 aromatic carbocycles. The number of benzene rings is 1. The van der Waals surface area contributed by atoms with Crippen LogP contribution in [0, 0.1) is 6.92 Å². The first kappa shape index (κ1) is 16.6. The maximum absolute atomic E-state index is 12.3. The number of ether oxygens (including phenoxy) is 1. The number of hydrogen-bond donors (Lipinski definition) is 3. The lowest BCUT2D eigenvalue weighted by Crippen LogP contribution is -2.29. The van der Waals surface area contributed by atoms with Crippen LogP contribution in [0.1, 0.15) is 23.8 Å². The van der Waals surface area contributed by atoms with E-state index in [0.29, 0.717) is 12.4 Å². The maximum atomic E-state index is 12.3. The molecule has 128 valence electrons. The zero-order valence-electron chi connectivity index (χ0n) is 13.4. The second-order valence-electron chi connectivity index (χ2n) is 5.92. The van der Waals surface area contributed by atoms with Gasteiger partial charge in [-0.25, -0.2) is 4.79 Å². The molecule has 1 aliphatic heterocycles. The number of aliphatic hydroxyl groups is 2. The summed E-state index contributed by atoms with van der Waals surface area (Å²) >= 11 is 0. The highest BCUT2D eigenvalue weighted by atomic mass is 16.5. The van der Waals surface area contributed by atoms with E-state index in [0.717, 1.165) is 11.1 Å². The van der Waals surface area contributed by atoms with Crippen LogP contribution in [0.15, 0.2) is 41.3 Å². The third kappa shape index (κ3) is 3.48. The van der Waals surface area contributed by atoms with E-state index >= 15 is 0 Å². The molecule has 0 bridgehead atoms. The van der Waals surface area contributed by atoms with Gasteiger partial charge in [-0.05, 0) is 12.5 Å². The van der Waals surface area contributed by atoms with E-state index in [4.69, 9.17) is 9.84 Å². The van der Waals surface area contributed by atoms with Gasteiger partial charge in [-0.2, -0.15) is 4.98 Å².